The van der Waals surface area contributed by atoms with Crippen LogP contribution in [0.25, 0.3) is 0 Å². The van der Waals surface area contributed by atoms with Crippen LogP contribution in [0.4, 0.5) is 5.69 Å². The van der Waals surface area contributed by atoms with Crippen LogP contribution in [0.5, 0.6) is 23.0 Å². The molecule has 2 aliphatic heterocycles. The first-order valence-electron chi connectivity index (χ1n) is 13.7. The number of amides is 1. The Morgan fingerprint density at radius 1 is 1.10 bits per heavy atom. The van der Waals surface area contributed by atoms with Crippen molar-refractivity contribution in [1.82, 2.24) is 10.2 Å². The van der Waals surface area contributed by atoms with E-state index >= 15 is 0 Å². The molecule has 1 atom stereocenters. The number of hydrogen-bond donors (Lipinski definition) is 2. The van der Waals surface area contributed by atoms with Gasteiger partial charge in [0.15, 0.2) is 17.3 Å². The van der Waals surface area contributed by atoms with Gasteiger partial charge in [-0.25, -0.2) is 0 Å². The van der Waals surface area contributed by atoms with Gasteiger partial charge >= 0.3 is 0 Å². The summed E-state index contributed by atoms with van der Waals surface area (Å²) in [7, 11) is 6.07. The lowest BCUT2D eigenvalue weighted by Gasteiger charge is -2.33. The van der Waals surface area contributed by atoms with Crippen molar-refractivity contribution < 1.29 is 33.3 Å². The molecule has 1 saturated heterocycles. The van der Waals surface area contributed by atoms with Crippen LogP contribution < -0.4 is 30.0 Å². The lowest BCUT2D eigenvalue weighted by molar-refractivity contribution is 0.0525. The maximum absolute atomic E-state index is 13.3. The summed E-state index contributed by atoms with van der Waals surface area (Å²) >= 11 is 6.35. The van der Waals surface area contributed by atoms with Gasteiger partial charge in [-0.2, -0.15) is 0 Å². The summed E-state index contributed by atoms with van der Waals surface area (Å²) in [6, 6.07) is 4.88. The molecule has 224 valence electrons. The van der Waals surface area contributed by atoms with Crippen LogP contribution in [0.1, 0.15) is 59.4 Å². The second-order valence-corrected chi connectivity index (χ2v) is 11.5. The Morgan fingerprint density at radius 3 is 2.29 bits per heavy atom. The molecule has 2 aromatic rings. The summed E-state index contributed by atoms with van der Waals surface area (Å²) in [5.74, 6) is 1.40. The van der Waals surface area contributed by atoms with Crippen LogP contribution in [0.2, 0.25) is 5.02 Å². The number of carbonyl (C=O) groups excluding carboxylic acids is 2. The molecule has 2 aliphatic rings. The van der Waals surface area contributed by atoms with E-state index < -0.39 is 11.7 Å². The first kappa shape index (κ1) is 30.7. The number of hydrogen-bond acceptors (Lipinski definition) is 9. The van der Waals surface area contributed by atoms with Gasteiger partial charge in [0.2, 0.25) is 5.75 Å². The molecule has 10 nitrogen and oxygen atoms in total. The second kappa shape index (κ2) is 12.8. The van der Waals surface area contributed by atoms with Crippen molar-refractivity contribution >= 4 is 29.0 Å². The lowest BCUT2D eigenvalue weighted by atomic mass is 9.98. The van der Waals surface area contributed by atoms with Crippen molar-refractivity contribution in [1.29, 1.82) is 0 Å². The number of ether oxygens (including phenoxy) is 5. The first-order chi connectivity index (χ1) is 19.5. The van der Waals surface area contributed by atoms with Gasteiger partial charge in [-0.3, -0.25) is 9.59 Å². The molecular formula is C30H40ClN3O7. The summed E-state index contributed by atoms with van der Waals surface area (Å²) < 4.78 is 27.8. The number of nitrogens with two attached hydrogens (primary N) is 1. The third-order valence-corrected chi connectivity index (χ3v) is 8.07. The summed E-state index contributed by atoms with van der Waals surface area (Å²) in [6.07, 6.45) is 2.05. The summed E-state index contributed by atoms with van der Waals surface area (Å²) in [6.45, 7) is 6.17. The van der Waals surface area contributed by atoms with Gasteiger partial charge in [-0.05, 0) is 51.3 Å². The molecule has 0 spiro atoms. The quantitative estimate of drug-likeness (QED) is 0.294. The Morgan fingerprint density at radius 2 is 1.73 bits per heavy atom. The van der Waals surface area contributed by atoms with Gasteiger partial charge in [-0.15, -0.1) is 0 Å². The molecule has 0 aliphatic carbocycles. The summed E-state index contributed by atoms with van der Waals surface area (Å²) in [5, 5.41) is 3.51. The average Bonchev–Trinajstić information content (AvgIpc) is 3.30. The van der Waals surface area contributed by atoms with E-state index in [4.69, 9.17) is 41.0 Å². The fourth-order valence-electron chi connectivity index (χ4n) is 5.53. The van der Waals surface area contributed by atoms with Crippen LogP contribution in [0.15, 0.2) is 18.2 Å². The van der Waals surface area contributed by atoms with Crippen LogP contribution >= 0.6 is 11.6 Å². The zero-order chi connectivity index (χ0) is 29.9. The SMILES string of the molecule is COc1cc(C(=O)C(CCN2CCC(NC(=O)c3cc(Cl)c(N)c4c3OC(C)(C)C4)CC2)OC)cc(OC)c1OC. The van der Waals surface area contributed by atoms with Crippen molar-refractivity contribution in [3.8, 4) is 23.0 Å². The van der Waals surface area contributed by atoms with Crippen LogP contribution in [-0.2, 0) is 11.2 Å². The number of carbonyl (C=O) groups is 2. The highest BCUT2D eigenvalue weighted by atomic mass is 35.5. The van der Waals surface area contributed by atoms with E-state index in [-0.39, 0.29) is 17.7 Å². The monoisotopic (exact) mass is 589 g/mol. The van der Waals surface area contributed by atoms with E-state index in [0.29, 0.717) is 64.2 Å². The second-order valence-electron chi connectivity index (χ2n) is 11.0. The highest BCUT2D eigenvalue weighted by Gasteiger charge is 2.36. The molecular weight excluding hydrogens is 550 g/mol. The van der Waals surface area contributed by atoms with E-state index in [1.807, 2.05) is 13.8 Å². The standard InChI is InChI=1S/C30H40ClN3O7/c1-30(2)16-20-25(32)21(31)15-19(27(20)41-30)29(36)33-18-7-10-34(11-8-18)12-9-22(37-3)26(35)17-13-23(38-4)28(40-6)24(14-17)39-5/h13-15,18,22H,7-12,16,32H2,1-6H3,(H,33,36). The van der Waals surface area contributed by atoms with Crippen LogP contribution in [0.3, 0.4) is 0 Å². The van der Waals surface area contributed by atoms with Crippen molar-refractivity contribution in [3.63, 3.8) is 0 Å². The number of nitrogens with zero attached hydrogens (tertiary/aromatic N) is 1. The molecule has 11 heteroatoms. The number of anilines is 1. The Balaban J connectivity index is 1.33. The zero-order valence-electron chi connectivity index (χ0n) is 24.6. The minimum atomic E-state index is -0.628. The number of Topliss-reactive ketones (excluding diaryl/α,β-unsaturated/α-hetero) is 1. The van der Waals surface area contributed by atoms with E-state index in [1.165, 1.54) is 28.4 Å². The first-order valence-corrected chi connectivity index (χ1v) is 14.1. The van der Waals surface area contributed by atoms with Gasteiger partial charge in [0.1, 0.15) is 17.5 Å². The van der Waals surface area contributed by atoms with Gasteiger partial charge in [0, 0.05) is 50.3 Å². The topological polar surface area (TPSA) is 122 Å². The third kappa shape index (κ3) is 6.66. The molecule has 41 heavy (non-hydrogen) atoms. The molecule has 1 unspecified atom stereocenters. The molecule has 2 heterocycles. The van der Waals surface area contributed by atoms with E-state index in [2.05, 4.69) is 10.2 Å². The minimum absolute atomic E-state index is 0.0132. The number of ketones is 1. The molecule has 1 amide bonds. The molecule has 0 radical (unpaired) electrons. The Labute approximate surface area is 246 Å². The summed E-state index contributed by atoms with van der Waals surface area (Å²) in [4.78, 5) is 28.8. The number of likely N-dealkylation sites (tertiary alicyclic amines) is 1. The smallest absolute Gasteiger partial charge is 0.255 e. The number of methoxy groups -OCH3 is 4. The third-order valence-electron chi connectivity index (χ3n) is 7.75. The Hall–Kier alpha value is -3.21. The zero-order valence-corrected chi connectivity index (χ0v) is 25.4. The number of halogens is 1. The van der Waals surface area contributed by atoms with Crippen molar-refractivity contribution in [2.24, 2.45) is 0 Å². The predicted octanol–water partition coefficient (Wildman–Crippen LogP) is 4.14. The van der Waals surface area contributed by atoms with Crippen molar-refractivity contribution in [3.05, 3.63) is 39.9 Å². The number of rotatable bonds is 11. The molecule has 1 fully saturated rings. The molecule has 0 saturated carbocycles. The fraction of sp³-hybridized carbons (Fsp3) is 0.533. The summed E-state index contributed by atoms with van der Waals surface area (Å²) in [5.41, 5.74) is 7.83. The Kier molecular flexibility index (Phi) is 9.56. The minimum Gasteiger partial charge on any atom is -0.493 e. The molecule has 0 aromatic heterocycles. The van der Waals surface area contributed by atoms with Crippen LogP contribution in [-0.4, -0.2) is 82.4 Å². The van der Waals surface area contributed by atoms with Gasteiger partial charge in [0.05, 0.1) is 37.6 Å². The molecule has 0 bridgehead atoms. The maximum Gasteiger partial charge on any atom is 0.255 e. The van der Waals surface area contributed by atoms with Crippen molar-refractivity contribution in [2.45, 2.75) is 57.3 Å². The Bertz CT molecular complexity index is 1270. The number of nitrogen functional groups attached to an aromatic ring is 1. The highest BCUT2D eigenvalue weighted by Crippen LogP contribution is 2.44. The molecule has 2 aromatic carbocycles. The van der Waals surface area contributed by atoms with E-state index in [1.54, 1.807) is 18.2 Å². The fourth-order valence-corrected chi connectivity index (χ4v) is 5.75. The lowest BCUT2D eigenvalue weighted by Crippen LogP contribution is -2.45. The number of fused-ring (bicyclic) bond motifs is 1. The molecule has 3 N–H and O–H groups in total. The van der Waals surface area contributed by atoms with Crippen molar-refractivity contribution in [2.75, 3.05) is 53.8 Å². The number of piperidine rings is 1. The average molecular weight is 590 g/mol. The van der Waals surface area contributed by atoms with Gasteiger partial charge in [0.25, 0.3) is 5.91 Å². The maximum atomic E-state index is 13.3. The molecule has 4 rings (SSSR count). The normalized spacial score (nSPS) is 17.3. The predicted molar refractivity (Wildman–Crippen MR) is 157 cm³/mol. The highest BCUT2D eigenvalue weighted by molar-refractivity contribution is 6.33. The van der Waals surface area contributed by atoms with Gasteiger partial charge in [-0.1, -0.05) is 11.6 Å². The largest absolute Gasteiger partial charge is 0.493 e. The number of benzene rings is 2. The van der Waals surface area contributed by atoms with Crippen LogP contribution in [0, 0.1) is 0 Å². The number of nitrogens with one attached hydrogen (secondary N) is 1. The van der Waals surface area contributed by atoms with E-state index in [9.17, 15) is 9.59 Å². The van der Waals surface area contributed by atoms with E-state index in [0.717, 1.165) is 31.5 Å². The van der Waals surface area contributed by atoms with Gasteiger partial charge < -0.3 is 39.6 Å².